The zero-order chi connectivity index (χ0) is 18.8. The smallest absolute Gasteiger partial charge is 0.193 e. The van der Waals surface area contributed by atoms with Gasteiger partial charge in [0, 0.05) is 11.6 Å². The highest BCUT2D eigenvalue weighted by Crippen LogP contribution is 2.30. The van der Waals surface area contributed by atoms with Gasteiger partial charge in [-0.2, -0.15) is 0 Å². The van der Waals surface area contributed by atoms with Crippen molar-refractivity contribution in [3.63, 3.8) is 0 Å². The summed E-state index contributed by atoms with van der Waals surface area (Å²) in [4.78, 5) is 16.8. The second-order valence-electron chi connectivity index (χ2n) is 6.23. The van der Waals surface area contributed by atoms with Crippen LogP contribution >= 0.6 is 23.4 Å². The molecule has 0 amide bonds. The van der Waals surface area contributed by atoms with Crippen molar-refractivity contribution < 1.29 is 4.42 Å². The molecule has 0 aliphatic heterocycles. The summed E-state index contributed by atoms with van der Waals surface area (Å²) < 4.78 is 6.06. The van der Waals surface area contributed by atoms with Gasteiger partial charge in [0.2, 0.25) is 0 Å². The number of aromatic nitrogens is 1. The lowest BCUT2D eigenvalue weighted by molar-refractivity contribution is 0.495. The molecular weight excluding hydrogens is 368 g/mol. The van der Waals surface area contributed by atoms with Crippen molar-refractivity contribution in [3.8, 4) is 0 Å². The van der Waals surface area contributed by atoms with Crippen molar-refractivity contribution in [2.24, 2.45) is 0 Å². The first-order chi connectivity index (χ1) is 12.4. The van der Waals surface area contributed by atoms with Crippen molar-refractivity contribution >= 4 is 40.0 Å². The lowest BCUT2D eigenvalue weighted by Crippen LogP contribution is -2.11. The number of hydrogen-bond donors (Lipinski definition) is 1. The fourth-order valence-corrected chi connectivity index (χ4v) is 3.75. The summed E-state index contributed by atoms with van der Waals surface area (Å²) in [5.74, 6) is 0.846. The van der Waals surface area contributed by atoms with Gasteiger partial charge in [0.25, 0.3) is 0 Å². The summed E-state index contributed by atoms with van der Waals surface area (Å²) in [6, 6.07) is 9.12. The second kappa shape index (κ2) is 7.72. The molecule has 1 unspecified atom stereocenters. The number of benzene rings is 1. The second-order valence-corrected chi connectivity index (χ2v) is 7.88. The summed E-state index contributed by atoms with van der Waals surface area (Å²) in [5.41, 5.74) is 4.32. The first-order valence-corrected chi connectivity index (χ1v) is 9.86. The molecule has 1 aromatic carbocycles. The summed E-state index contributed by atoms with van der Waals surface area (Å²) in [5, 5.41) is 5.18. The van der Waals surface area contributed by atoms with Gasteiger partial charge in [-0.3, -0.25) is 4.79 Å². The van der Waals surface area contributed by atoms with E-state index in [0.717, 1.165) is 28.3 Å². The lowest BCUT2D eigenvalue weighted by Gasteiger charge is -2.19. The van der Waals surface area contributed by atoms with Crippen LogP contribution in [0.3, 0.4) is 0 Å². The van der Waals surface area contributed by atoms with Crippen molar-refractivity contribution in [3.05, 3.63) is 62.5 Å². The highest BCUT2D eigenvalue weighted by molar-refractivity contribution is 7.99. The SMILES string of the molecule is CCSc1cc(=O)c2cc(C)cc(C(C)Nc3ccc(Cl)nc3C)c2o1. The number of rotatable bonds is 5. The number of nitrogens with one attached hydrogen (secondary N) is 1. The number of hydrogen-bond acceptors (Lipinski definition) is 5. The van der Waals surface area contributed by atoms with E-state index in [1.807, 2.05) is 39.8 Å². The third-order valence-electron chi connectivity index (χ3n) is 4.16. The maximum absolute atomic E-state index is 12.5. The van der Waals surface area contributed by atoms with Crippen molar-refractivity contribution in [1.82, 2.24) is 4.98 Å². The predicted octanol–water partition coefficient (Wildman–Crippen LogP) is 5.74. The van der Waals surface area contributed by atoms with Crippen LogP contribution in [0.15, 0.2) is 44.6 Å². The molecule has 1 atom stereocenters. The van der Waals surface area contributed by atoms with Crippen LogP contribution in [0.4, 0.5) is 5.69 Å². The van der Waals surface area contributed by atoms with Gasteiger partial charge in [-0.1, -0.05) is 36.4 Å². The summed E-state index contributed by atoms with van der Waals surface area (Å²) in [6.07, 6.45) is 0. The van der Waals surface area contributed by atoms with Gasteiger partial charge >= 0.3 is 0 Å². The quantitative estimate of drug-likeness (QED) is 0.446. The van der Waals surface area contributed by atoms with E-state index in [0.29, 0.717) is 21.2 Å². The Balaban J connectivity index is 2.08. The minimum atomic E-state index is -0.0656. The third kappa shape index (κ3) is 3.89. The molecule has 0 fully saturated rings. The molecule has 0 bridgehead atoms. The van der Waals surface area contributed by atoms with E-state index in [9.17, 15) is 4.79 Å². The Morgan fingerprint density at radius 2 is 2.04 bits per heavy atom. The molecule has 26 heavy (non-hydrogen) atoms. The Hall–Kier alpha value is -1.98. The molecule has 0 aliphatic carbocycles. The predicted molar refractivity (Wildman–Crippen MR) is 110 cm³/mol. The van der Waals surface area contributed by atoms with E-state index in [1.54, 1.807) is 12.1 Å². The molecular formula is C20H21ClN2O2S. The first kappa shape index (κ1) is 18.8. The van der Waals surface area contributed by atoms with Gasteiger partial charge in [0.15, 0.2) is 10.5 Å². The van der Waals surface area contributed by atoms with Gasteiger partial charge in [-0.15, -0.1) is 0 Å². The minimum absolute atomic E-state index is 0.0105. The summed E-state index contributed by atoms with van der Waals surface area (Å²) >= 11 is 7.47. The molecule has 4 nitrogen and oxygen atoms in total. The Kier molecular flexibility index (Phi) is 5.58. The Morgan fingerprint density at radius 3 is 2.73 bits per heavy atom. The van der Waals surface area contributed by atoms with Crippen molar-refractivity contribution in [2.45, 2.75) is 38.8 Å². The van der Waals surface area contributed by atoms with Gasteiger partial charge in [-0.25, -0.2) is 4.98 Å². The van der Waals surface area contributed by atoms with Crippen LogP contribution in [0.25, 0.3) is 11.0 Å². The molecule has 6 heteroatoms. The first-order valence-electron chi connectivity index (χ1n) is 8.50. The maximum atomic E-state index is 12.5. The molecule has 0 spiro atoms. The monoisotopic (exact) mass is 388 g/mol. The lowest BCUT2D eigenvalue weighted by atomic mass is 10.0. The van der Waals surface area contributed by atoms with E-state index < -0.39 is 0 Å². The van der Waals surface area contributed by atoms with Crippen molar-refractivity contribution in [2.75, 3.05) is 11.1 Å². The molecule has 2 aromatic heterocycles. The zero-order valence-corrected chi connectivity index (χ0v) is 16.8. The van der Waals surface area contributed by atoms with Crippen LogP contribution in [0.1, 0.15) is 36.7 Å². The van der Waals surface area contributed by atoms with Crippen LogP contribution < -0.4 is 10.7 Å². The molecule has 136 valence electrons. The third-order valence-corrected chi connectivity index (χ3v) is 5.14. The summed E-state index contributed by atoms with van der Waals surface area (Å²) in [7, 11) is 0. The topological polar surface area (TPSA) is 55.1 Å². The minimum Gasteiger partial charge on any atom is -0.449 e. The number of halogens is 1. The maximum Gasteiger partial charge on any atom is 0.193 e. The number of pyridine rings is 1. The number of anilines is 1. The zero-order valence-electron chi connectivity index (χ0n) is 15.2. The fourth-order valence-electron chi connectivity index (χ4n) is 2.94. The molecule has 2 heterocycles. The van der Waals surface area contributed by atoms with Gasteiger partial charge < -0.3 is 9.73 Å². The Bertz CT molecular complexity index is 1020. The fraction of sp³-hybridized carbons (Fsp3) is 0.300. The number of nitrogens with zero attached hydrogens (tertiary/aromatic N) is 1. The van der Waals surface area contributed by atoms with Gasteiger partial charge in [-0.05, 0) is 50.3 Å². The largest absolute Gasteiger partial charge is 0.449 e. The molecule has 3 aromatic rings. The average molecular weight is 389 g/mol. The van der Waals surface area contributed by atoms with E-state index in [2.05, 4.69) is 16.4 Å². The average Bonchev–Trinajstić information content (AvgIpc) is 2.58. The highest BCUT2D eigenvalue weighted by atomic mass is 35.5. The molecule has 1 N–H and O–H groups in total. The standard InChI is InChI=1S/C20H21ClN2O2S/c1-5-26-19-10-17(24)15-9-11(2)8-14(20(15)25-19)12(3)22-16-6-7-18(21)23-13(16)4/h6-10,12,22H,5H2,1-4H3. The van der Waals surface area contributed by atoms with E-state index in [1.165, 1.54) is 11.8 Å². The van der Waals surface area contributed by atoms with E-state index in [-0.39, 0.29) is 11.5 Å². The van der Waals surface area contributed by atoms with Crippen LogP contribution in [0.5, 0.6) is 0 Å². The molecule has 0 saturated heterocycles. The molecule has 0 saturated carbocycles. The van der Waals surface area contributed by atoms with Crippen LogP contribution in [0.2, 0.25) is 5.15 Å². The van der Waals surface area contributed by atoms with Crippen LogP contribution in [0, 0.1) is 13.8 Å². The van der Waals surface area contributed by atoms with E-state index in [4.69, 9.17) is 16.0 Å². The molecule has 0 radical (unpaired) electrons. The Morgan fingerprint density at radius 1 is 1.27 bits per heavy atom. The Labute approximate surface area is 162 Å². The van der Waals surface area contributed by atoms with Gasteiger partial charge in [0.05, 0.1) is 22.8 Å². The number of fused-ring (bicyclic) bond motifs is 1. The number of thioether (sulfide) groups is 1. The molecule has 0 aliphatic rings. The highest BCUT2D eigenvalue weighted by Gasteiger charge is 2.16. The van der Waals surface area contributed by atoms with Crippen molar-refractivity contribution in [1.29, 1.82) is 0 Å². The van der Waals surface area contributed by atoms with Gasteiger partial charge in [0.1, 0.15) is 10.7 Å². The number of aryl methyl sites for hydroxylation is 2. The normalized spacial score (nSPS) is 12.3. The van der Waals surface area contributed by atoms with Crippen LogP contribution in [-0.4, -0.2) is 10.7 Å². The van der Waals surface area contributed by atoms with E-state index >= 15 is 0 Å². The summed E-state index contributed by atoms with van der Waals surface area (Å²) in [6.45, 7) is 7.97. The van der Waals surface area contributed by atoms with Crippen LogP contribution in [-0.2, 0) is 0 Å². The molecule has 3 rings (SSSR count).